The van der Waals surface area contributed by atoms with E-state index in [1.807, 2.05) is 32.0 Å². The summed E-state index contributed by atoms with van der Waals surface area (Å²) in [4.78, 5) is 40.8. The molecule has 2 aromatic carbocycles. The molecule has 3 amide bonds. The number of aromatic hydroxyl groups is 1. The van der Waals surface area contributed by atoms with E-state index in [-0.39, 0.29) is 18.0 Å². The maximum Gasteiger partial charge on any atom is 0.408 e. The van der Waals surface area contributed by atoms with Crippen molar-refractivity contribution in [2.24, 2.45) is 0 Å². The van der Waals surface area contributed by atoms with Crippen LogP contribution in [0, 0.1) is 13.8 Å². The van der Waals surface area contributed by atoms with Gasteiger partial charge in [0.15, 0.2) is 0 Å². The van der Waals surface area contributed by atoms with E-state index in [0.29, 0.717) is 11.3 Å². The maximum atomic E-state index is 13.7. The first kappa shape index (κ1) is 29.0. The summed E-state index contributed by atoms with van der Waals surface area (Å²) in [5.74, 6) is -1.22. The predicted molar refractivity (Wildman–Crippen MR) is 141 cm³/mol. The van der Waals surface area contributed by atoms with Crippen molar-refractivity contribution in [1.29, 1.82) is 0 Å². The number of amides is 3. The highest BCUT2D eigenvalue weighted by atomic mass is 32.1. The Hall–Kier alpha value is -3.24. The van der Waals surface area contributed by atoms with Crippen LogP contribution in [0.5, 0.6) is 5.75 Å². The fourth-order valence-electron chi connectivity index (χ4n) is 3.64. The van der Waals surface area contributed by atoms with Crippen LogP contribution in [0.4, 0.5) is 10.5 Å². The number of carbonyl (C=O) groups is 3. The third-order valence-electron chi connectivity index (χ3n) is 5.29. The number of benzene rings is 2. The summed E-state index contributed by atoms with van der Waals surface area (Å²) in [5.41, 5.74) is 1.92. The molecule has 0 saturated heterocycles. The van der Waals surface area contributed by atoms with Gasteiger partial charge < -0.3 is 30.5 Å². The Kier molecular flexibility index (Phi) is 10.2. The normalized spacial score (nSPS) is 12.9. The topological polar surface area (TPSA) is 128 Å². The molecular weight excluding hydrogens is 482 g/mol. The largest absolute Gasteiger partial charge is 0.508 e. The Balaban J connectivity index is 2.47. The van der Waals surface area contributed by atoms with E-state index < -0.39 is 42.2 Å². The van der Waals surface area contributed by atoms with Crippen LogP contribution in [-0.4, -0.2) is 63.6 Å². The zero-order valence-electron chi connectivity index (χ0n) is 21.2. The first-order chi connectivity index (χ1) is 16.9. The number of rotatable bonds is 9. The molecule has 0 saturated carbocycles. The van der Waals surface area contributed by atoms with Crippen LogP contribution in [0.3, 0.4) is 0 Å². The number of hydrogen-bond acceptors (Lipinski definition) is 7. The van der Waals surface area contributed by atoms with Crippen molar-refractivity contribution in [1.82, 2.24) is 10.2 Å². The van der Waals surface area contributed by atoms with Crippen molar-refractivity contribution in [3.8, 4) is 5.75 Å². The maximum absolute atomic E-state index is 13.7. The van der Waals surface area contributed by atoms with E-state index in [1.165, 1.54) is 29.2 Å². The van der Waals surface area contributed by atoms with E-state index in [4.69, 9.17) is 4.74 Å². The van der Waals surface area contributed by atoms with E-state index in [0.717, 1.165) is 11.1 Å². The van der Waals surface area contributed by atoms with Crippen molar-refractivity contribution in [3.63, 3.8) is 0 Å². The van der Waals surface area contributed by atoms with Crippen molar-refractivity contribution in [2.75, 3.05) is 24.2 Å². The number of alkyl carbamates (subject to hydrolysis) is 1. The number of anilines is 1. The summed E-state index contributed by atoms with van der Waals surface area (Å²) in [6.45, 7) is 8.18. The number of nitrogens with one attached hydrogen (secondary N) is 2. The lowest BCUT2D eigenvalue weighted by molar-refractivity contribution is -0.140. The molecule has 4 N–H and O–H groups in total. The van der Waals surface area contributed by atoms with Crippen molar-refractivity contribution < 1.29 is 29.3 Å². The Morgan fingerprint density at radius 3 is 2.14 bits per heavy atom. The molecule has 2 rings (SSSR count). The average Bonchev–Trinajstić information content (AvgIpc) is 2.79. The first-order valence-electron chi connectivity index (χ1n) is 11.6. The predicted octanol–water partition coefficient (Wildman–Crippen LogP) is 3.33. The zero-order valence-corrected chi connectivity index (χ0v) is 22.1. The van der Waals surface area contributed by atoms with Gasteiger partial charge in [0.25, 0.3) is 5.91 Å². The third kappa shape index (κ3) is 7.89. The van der Waals surface area contributed by atoms with Gasteiger partial charge in [-0.2, -0.15) is 12.6 Å². The number of ether oxygens (including phenoxy) is 1. The minimum absolute atomic E-state index is 0.00693. The fourth-order valence-corrected chi connectivity index (χ4v) is 3.89. The second-order valence-corrected chi connectivity index (χ2v) is 9.75. The molecule has 0 radical (unpaired) electrons. The lowest BCUT2D eigenvalue weighted by Gasteiger charge is -2.34. The fraction of sp³-hybridized carbons (Fsp3) is 0.423. The SMILES string of the molecule is Cc1cccc(C)c1NC(=O)C(c1ccc(O)cc1)N(CCO)C(=O)C(CS)NC(=O)OC(C)(C)C. The quantitative estimate of drug-likeness (QED) is 0.325. The number of carbonyl (C=O) groups excluding carboxylic acids is 3. The molecule has 2 unspecified atom stereocenters. The number of aliphatic hydroxyl groups is 1. The van der Waals surface area contributed by atoms with Gasteiger partial charge in [0.2, 0.25) is 5.91 Å². The lowest BCUT2D eigenvalue weighted by Crippen LogP contribution is -2.53. The summed E-state index contributed by atoms with van der Waals surface area (Å²) in [5, 5.41) is 24.9. The van der Waals surface area contributed by atoms with Gasteiger partial charge in [-0.3, -0.25) is 9.59 Å². The average molecular weight is 518 g/mol. The summed E-state index contributed by atoms with van der Waals surface area (Å²) in [6.07, 6.45) is -0.806. The van der Waals surface area contributed by atoms with Crippen molar-refractivity contribution in [2.45, 2.75) is 52.3 Å². The molecule has 2 aromatic rings. The number of phenols is 1. The van der Waals surface area contributed by atoms with Gasteiger partial charge >= 0.3 is 6.09 Å². The Bertz CT molecular complexity index is 1050. The Labute approximate surface area is 217 Å². The number of para-hydroxylation sites is 1. The van der Waals surface area contributed by atoms with Crippen LogP contribution in [-0.2, 0) is 14.3 Å². The third-order valence-corrected chi connectivity index (χ3v) is 5.66. The van der Waals surface area contributed by atoms with E-state index >= 15 is 0 Å². The molecule has 36 heavy (non-hydrogen) atoms. The summed E-state index contributed by atoms with van der Waals surface area (Å²) in [7, 11) is 0. The Morgan fingerprint density at radius 2 is 1.64 bits per heavy atom. The van der Waals surface area contributed by atoms with E-state index in [9.17, 15) is 24.6 Å². The number of nitrogens with zero attached hydrogens (tertiary/aromatic N) is 1. The van der Waals surface area contributed by atoms with Crippen LogP contribution in [0.2, 0.25) is 0 Å². The summed E-state index contributed by atoms with van der Waals surface area (Å²) < 4.78 is 5.26. The standard InChI is InChI=1S/C26H35N3O6S/c1-16-7-6-8-17(2)21(16)28-23(32)22(18-9-11-19(31)12-10-18)29(13-14-30)24(33)20(15-36)27-25(34)35-26(3,4)5/h6-12,20,22,30-31,36H,13-15H2,1-5H3,(H,27,34)(H,28,32). The van der Waals surface area contributed by atoms with E-state index in [2.05, 4.69) is 23.3 Å². The van der Waals surface area contributed by atoms with Crippen LogP contribution < -0.4 is 10.6 Å². The van der Waals surface area contributed by atoms with Gasteiger partial charge in [0, 0.05) is 18.0 Å². The second-order valence-electron chi connectivity index (χ2n) is 9.39. The molecule has 0 aliphatic heterocycles. The van der Waals surface area contributed by atoms with Gasteiger partial charge in [-0.1, -0.05) is 30.3 Å². The molecule has 0 heterocycles. The first-order valence-corrected chi connectivity index (χ1v) is 12.2. The van der Waals surface area contributed by atoms with Gasteiger partial charge in [-0.25, -0.2) is 4.79 Å². The molecule has 0 aliphatic carbocycles. The van der Waals surface area contributed by atoms with Crippen LogP contribution in [0.1, 0.15) is 43.5 Å². The molecule has 9 nitrogen and oxygen atoms in total. The Morgan fingerprint density at radius 1 is 1.06 bits per heavy atom. The second kappa shape index (κ2) is 12.6. The number of phenolic OH excluding ortho intramolecular Hbond substituents is 1. The van der Waals surface area contributed by atoms with Gasteiger partial charge in [-0.05, 0) is 63.4 Å². The minimum Gasteiger partial charge on any atom is -0.508 e. The smallest absolute Gasteiger partial charge is 0.408 e. The zero-order chi connectivity index (χ0) is 27.0. The van der Waals surface area contributed by atoms with Gasteiger partial charge in [-0.15, -0.1) is 0 Å². The highest BCUT2D eigenvalue weighted by Crippen LogP contribution is 2.28. The molecule has 10 heteroatoms. The molecular formula is C26H35N3O6S. The molecule has 0 bridgehead atoms. The monoisotopic (exact) mass is 517 g/mol. The van der Waals surface area contributed by atoms with Gasteiger partial charge in [0.05, 0.1) is 6.61 Å². The summed E-state index contributed by atoms with van der Waals surface area (Å²) >= 11 is 4.22. The van der Waals surface area contributed by atoms with Crippen molar-refractivity contribution in [3.05, 3.63) is 59.2 Å². The highest BCUT2D eigenvalue weighted by Gasteiger charge is 2.36. The van der Waals surface area contributed by atoms with Gasteiger partial charge in [0.1, 0.15) is 23.4 Å². The minimum atomic E-state index is -1.17. The number of aliphatic hydroxyl groups excluding tert-OH is 1. The molecule has 2 atom stereocenters. The van der Waals surface area contributed by atoms with Crippen molar-refractivity contribution >= 4 is 36.2 Å². The van der Waals surface area contributed by atoms with Crippen LogP contribution in [0.15, 0.2) is 42.5 Å². The van der Waals surface area contributed by atoms with Crippen LogP contribution in [0.25, 0.3) is 0 Å². The lowest BCUT2D eigenvalue weighted by atomic mass is 10.0. The number of thiol groups is 1. The molecule has 0 aromatic heterocycles. The van der Waals surface area contributed by atoms with E-state index in [1.54, 1.807) is 20.8 Å². The summed E-state index contributed by atoms with van der Waals surface area (Å²) in [6, 6.07) is 9.16. The number of aryl methyl sites for hydroxylation is 2. The number of hydrogen-bond donors (Lipinski definition) is 5. The molecule has 0 aliphatic rings. The highest BCUT2D eigenvalue weighted by molar-refractivity contribution is 7.80. The van der Waals surface area contributed by atoms with Crippen LogP contribution >= 0.6 is 12.6 Å². The molecule has 0 fully saturated rings. The molecule has 196 valence electrons. The molecule has 0 spiro atoms.